The summed E-state index contributed by atoms with van der Waals surface area (Å²) in [5, 5.41) is 3.56. The van der Waals surface area contributed by atoms with Crippen molar-refractivity contribution in [3.63, 3.8) is 0 Å². The van der Waals surface area contributed by atoms with Gasteiger partial charge in [0.15, 0.2) is 0 Å². The molecule has 26 heavy (non-hydrogen) atoms. The topological polar surface area (TPSA) is 109 Å². The zero-order chi connectivity index (χ0) is 18.4. The van der Waals surface area contributed by atoms with E-state index in [4.69, 9.17) is 10.6 Å². The minimum Gasteiger partial charge on any atom is -0.445 e. The molecule has 0 aliphatic rings. The van der Waals surface area contributed by atoms with Crippen LogP contribution in [-0.2, 0) is 22.6 Å². The van der Waals surface area contributed by atoms with Gasteiger partial charge in [0.25, 0.3) is 5.91 Å². The largest absolute Gasteiger partial charge is 0.445 e. The molecule has 0 saturated carbocycles. The van der Waals surface area contributed by atoms with E-state index in [2.05, 4.69) is 15.7 Å². The Balaban J connectivity index is 1.66. The summed E-state index contributed by atoms with van der Waals surface area (Å²) in [4.78, 5) is 27.3. The average molecular weight is 352 g/mol. The number of aromatic nitrogens is 1. The van der Waals surface area contributed by atoms with Crippen LogP contribution in [0.15, 0.2) is 60.8 Å². The summed E-state index contributed by atoms with van der Waals surface area (Å²) in [6.45, 7) is 0.122. The standard InChI is InChI=1S/C19H20N4O3/c20-23-18(24)17(10-14-11-21-16-9-5-4-8-15(14)16)22-19(25)26-12-13-6-2-1-3-7-13/h1-9,11,17,21H,10,12,20H2,(H,22,25)(H,23,24)/t17-/m0/s1. The smallest absolute Gasteiger partial charge is 0.408 e. The van der Waals surface area contributed by atoms with E-state index in [1.807, 2.05) is 60.8 Å². The fourth-order valence-corrected chi connectivity index (χ4v) is 2.74. The Kier molecular flexibility index (Phi) is 5.50. The molecular formula is C19H20N4O3. The van der Waals surface area contributed by atoms with Crippen LogP contribution >= 0.6 is 0 Å². The average Bonchev–Trinajstić information content (AvgIpc) is 3.09. The molecule has 0 radical (unpaired) electrons. The Morgan fingerprint density at radius 1 is 1.08 bits per heavy atom. The highest BCUT2D eigenvalue weighted by atomic mass is 16.5. The molecular weight excluding hydrogens is 332 g/mol. The summed E-state index contributed by atoms with van der Waals surface area (Å²) in [6, 6.07) is 16.2. The zero-order valence-electron chi connectivity index (χ0n) is 14.1. The molecule has 1 atom stereocenters. The fourth-order valence-electron chi connectivity index (χ4n) is 2.74. The van der Waals surface area contributed by atoms with E-state index in [0.717, 1.165) is 22.0 Å². The van der Waals surface area contributed by atoms with Crippen LogP contribution in [0.3, 0.4) is 0 Å². The van der Waals surface area contributed by atoms with E-state index in [1.165, 1.54) is 0 Å². The van der Waals surface area contributed by atoms with Crippen molar-refractivity contribution in [2.45, 2.75) is 19.1 Å². The van der Waals surface area contributed by atoms with Crippen molar-refractivity contribution in [1.29, 1.82) is 0 Å². The first-order chi connectivity index (χ1) is 12.7. The lowest BCUT2D eigenvalue weighted by Gasteiger charge is -2.17. The predicted octanol–water partition coefficient (Wildman–Crippen LogP) is 2.00. The molecule has 3 aromatic rings. The highest BCUT2D eigenvalue weighted by Gasteiger charge is 2.22. The number of fused-ring (bicyclic) bond motifs is 1. The van der Waals surface area contributed by atoms with Crippen LogP contribution in [0, 0.1) is 0 Å². The maximum absolute atomic E-state index is 12.1. The maximum atomic E-state index is 12.1. The SMILES string of the molecule is NNC(=O)[C@H](Cc1c[nH]c2ccccc12)NC(=O)OCc1ccccc1. The number of H-pyrrole nitrogens is 1. The van der Waals surface area contributed by atoms with Crippen LogP contribution in [0.1, 0.15) is 11.1 Å². The summed E-state index contributed by atoms with van der Waals surface area (Å²) in [7, 11) is 0. The first-order valence-electron chi connectivity index (χ1n) is 8.20. The summed E-state index contributed by atoms with van der Waals surface area (Å²) in [5.74, 6) is 4.76. The molecule has 3 rings (SSSR count). The van der Waals surface area contributed by atoms with Gasteiger partial charge >= 0.3 is 6.09 Å². The molecule has 2 aromatic carbocycles. The third kappa shape index (κ3) is 4.20. The molecule has 134 valence electrons. The van der Waals surface area contributed by atoms with E-state index >= 15 is 0 Å². The Morgan fingerprint density at radius 3 is 2.58 bits per heavy atom. The number of benzene rings is 2. The molecule has 0 aliphatic heterocycles. The predicted molar refractivity (Wildman–Crippen MR) is 97.9 cm³/mol. The minimum atomic E-state index is -0.845. The number of aromatic amines is 1. The van der Waals surface area contributed by atoms with Gasteiger partial charge in [-0.1, -0.05) is 48.5 Å². The van der Waals surface area contributed by atoms with Crippen molar-refractivity contribution in [3.8, 4) is 0 Å². The molecule has 5 N–H and O–H groups in total. The van der Waals surface area contributed by atoms with E-state index in [0.29, 0.717) is 0 Å². The van der Waals surface area contributed by atoms with E-state index in [-0.39, 0.29) is 13.0 Å². The van der Waals surface area contributed by atoms with Gasteiger partial charge in [0, 0.05) is 23.5 Å². The van der Waals surface area contributed by atoms with Crippen LogP contribution in [0.5, 0.6) is 0 Å². The molecule has 7 heteroatoms. The molecule has 0 spiro atoms. The van der Waals surface area contributed by atoms with Gasteiger partial charge in [-0.15, -0.1) is 0 Å². The molecule has 0 aliphatic carbocycles. The normalized spacial score (nSPS) is 11.7. The second kappa shape index (κ2) is 8.17. The van der Waals surface area contributed by atoms with Crippen molar-refractivity contribution in [2.75, 3.05) is 0 Å². The molecule has 0 bridgehead atoms. The first kappa shape index (κ1) is 17.5. The maximum Gasteiger partial charge on any atom is 0.408 e. The second-order valence-electron chi connectivity index (χ2n) is 5.83. The molecule has 0 saturated heterocycles. The van der Waals surface area contributed by atoms with Gasteiger partial charge < -0.3 is 15.0 Å². The van der Waals surface area contributed by atoms with Crippen molar-refractivity contribution < 1.29 is 14.3 Å². The molecule has 1 aromatic heterocycles. The molecule has 0 unspecified atom stereocenters. The number of nitrogens with one attached hydrogen (secondary N) is 3. The monoisotopic (exact) mass is 352 g/mol. The van der Waals surface area contributed by atoms with Crippen LogP contribution in [0.4, 0.5) is 4.79 Å². The van der Waals surface area contributed by atoms with Crippen molar-refractivity contribution in [2.24, 2.45) is 5.84 Å². The fraction of sp³-hybridized carbons (Fsp3) is 0.158. The number of hydrazine groups is 1. The second-order valence-corrected chi connectivity index (χ2v) is 5.83. The Hall–Kier alpha value is -3.32. The summed E-state index contributed by atoms with van der Waals surface area (Å²) < 4.78 is 5.18. The van der Waals surface area contributed by atoms with Crippen molar-refractivity contribution in [3.05, 3.63) is 71.9 Å². The van der Waals surface area contributed by atoms with Gasteiger partial charge in [0.1, 0.15) is 12.6 Å². The summed E-state index contributed by atoms with van der Waals surface area (Å²) >= 11 is 0. The van der Waals surface area contributed by atoms with Crippen molar-refractivity contribution in [1.82, 2.24) is 15.7 Å². The van der Waals surface area contributed by atoms with Crippen molar-refractivity contribution >= 4 is 22.9 Å². The highest BCUT2D eigenvalue weighted by Crippen LogP contribution is 2.19. The number of hydrogen-bond donors (Lipinski definition) is 4. The van der Waals surface area contributed by atoms with E-state index in [1.54, 1.807) is 0 Å². The quantitative estimate of drug-likeness (QED) is 0.309. The Labute approximate surface area is 150 Å². The number of alkyl carbamates (subject to hydrolysis) is 1. The lowest BCUT2D eigenvalue weighted by molar-refractivity contribution is -0.123. The molecule has 2 amide bonds. The lowest BCUT2D eigenvalue weighted by Crippen LogP contribution is -2.50. The number of ether oxygens (including phenoxy) is 1. The van der Waals surface area contributed by atoms with Crippen LogP contribution in [0.2, 0.25) is 0 Å². The van der Waals surface area contributed by atoms with Gasteiger partial charge in [-0.25, -0.2) is 10.6 Å². The highest BCUT2D eigenvalue weighted by molar-refractivity contribution is 5.88. The molecule has 0 fully saturated rings. The number of carbonyl (C=O) groups is 2. The van der Waals surface area contributed by atoms with Gasteiger partial charge in [-0.3, -0.25) is 10.2 Å². The van der Waals surface area contributed by atoms with Crippen LogP contribution in [-0.4, -0.2) is 23.0 Å². The number of para-hydroxylation sites is 1. The van der Waals surface area contributed by atoms with E-state index in [9.17, 15) is 9.59 Å². The molecule has 1 heterocycles. The third-order valence-corrected chi connectivity index (χ3v) is 4.06. The Morgan fingerprint density at radius 2 is 1.81 bits per heavy atom. The van der Waals surface area contributed by atoms with Gasteiger partial charge in [0.2, 0.25) is 0 Å². The number of rotatable bonds is 6. The number of nitrogens with two attached hydrogens (primary N) is 1. The van der Waals surface area contributed by atoms with Crippen LogP contribution in [0.25, 0.3) is 10.9 Å². The van der Waals surface area contributed by atoms with E-state index < -0.39 is 18.0 Å². The third-order valence-electron chi connectivity index (χ3n) is 4.06. The number of hydrogen-bond acceptors (Lipinski definition) is 4. The summed E-state index contributed by atoms with van der Waals surface area (Å²) in [6.07, 6.45) is 1.42. The van der Waals surface area contributed by atoms with Crippen LogP contribution < -0.4 is 16.6 Å². The number of carbonyl (C=O) groups excluding carboxylic acids is 2. The Bertz CT molecular complexity index is 892. The minimum absolute atomic E-state index is 0.122. The van der Waals surface area contributed by atoms with Gasteiger partial charge in [-0.2, -0.15) is 0 Å². The molecule has 7 nitrogen and oxygen atoms in total. The van der Waals surface area contributed by atoms with Gasteiger partial charge in [-0.05, 0) is 17.2 Å². The lowest BCUT2D eigenvalue weighted by atomic mass is 10.0. The zero-order valence-corrected chi connectivity index (χ0v) is 14.1. The summed E-state index contributed by atoms with van der Waals surface area (Å²) in [5.41, 5.74) is 4.81. The first-order valence-corrected chi connectivity index (χ1v) is 8.20. The number of amides is 2. The van der Waals surface area contributed by atoms with Gasteiger partial charge in [0.05, 0.1) is 0 Å².